The van der Waals surface area contributed by atoms with E-state index < -0.39 is 0 Å². The van der Waals surface area contributed by atoms with Crippen LogP contribution in [0.25, 0.3) is 0 Å². The van der Waals surface area contributed by atoms with Crippen molar-refractivity contribution in [3.63, 3.8) is 0 Å². The van der Waals surface area contributed by atoms with E-state index in [0.717, 1.165) is 17.0 Å². The molecule has 0 radical (unpaired) electrons. The maximum Gasteiger partial charge on any atom is 0.249 e. The summed E-state index contributed by atoms with van der Waals surface area (Å²) in [5.74, 6) is 0.461. The molecule has 2 aliphatic rings. The van der Waals surface area contributed by atoms with Crippen LogP contribution in [0.4, 0.5) is 0 Å². The Morgan fingerprint density at radius 3 is 2.12 bits per heavy atom. The van der Waals surface area contributed by atoms with Crippen LogP contribution >= 0.6 is 0 Å². The number of nitrogens with zero attached hydrogens (tertiary/aromatic N) is 1. The van der Waals surface area contributed by atoms with Gasteiger partial charge in [-0.05, 0) is 32.8 Å². The largest absolute Gasteiger partial charge is 0.490 e. The van der Waals surface area contributed by atoms with Crippen molar-refractivity contribution >= 4 is 11.8 Å². The maximum absolute atomic E-state index is 12.0. The monoisotopic (exact) mass is 354 g/mol. The summed E-state index contributed by atoms with van der Waals surface area (Å²) >= 11 is 0. The summed E-state index contributed by atoms with van der Waals surface area (Å²) in [7, 11) is 0. The van der Waals surface area contributed by atoms with E-state index >= 15 is 0 Å². The molecule has 2 rings (SSSR count). The van der Waals surface area contributed by atoms with Gasteiger partial charge in [-0.1, -0.05) is 47.6 Å². The summed E-state index contributed by atoms with van der Waals surface area (Å²) in [5.41, 5.74) is 2.03. The van der Waals surface area contributed by atoms with Gasteiger partial charge in [-0.25, -0.2) is 0 Å². The number of imide groups is 1. The average Bonchev–Trinajstić information content (AvgIpc) is 2.66. The van der Waals surface area contributed by atoms with Crippen molar-refractivity contribution in [2.45, 2.75) is 81.2 Å². The van der Waals surface area contributed by atoms with Gasteiger partial charge in [0.15, 0.2) is 0 Å². The predicted molar refractivity (Wildman–Crippen MR) is 105 cm³/mol. The lowest BCUT2D eigenvalue weighted by Gasteiger charge is -2.40. The van der Waals surface area contributed by atoms with E-state index in [-0.39, 0.29) is 17.9 Å². The van der Waals surface area contributed by atoms with Gasteiger partial charge in [-0.2, -0.15) is 0 Å². The molecule has 2 saturated heterocycles. The molecule has 5 heteroatoms. The van der Waals surface area contributed by atoms with Crippen molar-refractivity contribution in [3.05, 3.63) is 23.1 Å². The summed E-state index contributed by atoms with van der Waals surface area (Å²) in [6.45, 7) is 19.2. The SMILES string of the molecule is C/C=C1\C(=C(C)C)OCCN1C1CCC(=O)NC1=O.CC.CC.CC. The van der Waals surface area contributed by atoms with Crippen LogP contribution < -0.4 is 5.32 Å². The molecule has 0 spiro atoms. The number of rotatable bonds is 1. The van der Waals surface area contributed by atoms with E-state index in [2.05, 4.69) is 5.32 Å². The molecule has 2 aliphatic heterocycles. The highest BCUT2D eigenvalue weighted by atomic mass is 16.5. The fourth-order valence-corrected chi connectivity index (χ4v) is 2.57. The number of ether oxygens (including phenoxy) is 1. The fraction of sp³-hybridized carbons (Fsp3) is 0.700. The Bertz CT molecular complexity index is 464. The molecule has 0 aromatic rings. The number of hydrogen-bond donors (Lipinski definition) is 1. The molecular weight excluding hydrogens is 316 g/mol. The highest BCUT2D eigenvalue weighted by Crippen LogP contribution is 2.28. The summed E-state index contributed by atoms with van der Waals surface area (Å²) in [4.78, 5) is 25.3. The van der Waals surface area contributed by atoms with Gasteiger partial charge in [0.05, 0.1) is 12.2 Å². The van der Waals surface area contributed by atoms with Crippen molar-refractivity contribution in [1.29, 1.82) is 0 Å². The molecule has 25 heavy (non-hydrogen) atoms. The third-order valence-electron chi connectivity index (χ3n) is 3.43. The Labute approximate surface area is 154 Å². The minimum absolute atomic E-state index is 0.182. The molecule has 1 atom stereocenters. The smallest absolute Gasteiger partial charge is 0.249 e. The van der Waals surface area contributed by atoms with Gasteiger partial charge in [0.1, 0.15) is 18.4 Å². The molecule has 0 aromatic carbocycles. The first-order valence-electron chi connectivity index (χ1n) is 9.62. The van der Waals surface area contributed by atoms with Crippen LogP contribution in [0.15, 0.2) is 23.1 Å². The summed E-state index contributed by atoms with van der Waals surface area (Å²) in [6, 6.07) is -0.276. The van der Waals surface area contributed by atoms with Gasteiger partial charge < -0.3 is 9.64 Å². The van der Waals surface area contributed by atoms with E-state index in [9.17, 15) is 9.59 Å². The van der Waals surface area contributed by atoms with Crippen LogP contribution in [0.1, 0.15) is 75.2 Å². The Morgan fingerprint density at radius 2 is 1.68 bits per heavy atom. The third kappa shape index (κ3) is 7.32. The predicted octanol–water partition coefficient (Wildman–Crippen LogP) is 4.40. The fourth-order valence-electron chi connectivity index (χ4n) is 2.57. The average molecular weight is 355 g/mol. The summed E-state index contributed by atoms with van der Waals surface area (Å²) in [5, 5.41) is 2.41. The van der Waals surface area contributed by atoms with Crippen molar-refractivity contribution in [2.24, 2.45) is 0 Å². The van der Waals surface area contributed by atoms with Crippen LogP contribution in [0.3, 0.4) is 0 Å². The molecule has 1 unspecified atom stereocenters. The second-order valence-electron chi connectivity index (χ2n) is 5.01. The van der Waals surface area contributed by atoms with Crippen molar-refractivity contribution in [1.82, 2.24) is 10.2 Å². The van der Waals surface area contributed by atoms with E-state index in [1.807, 2.05) is 73.3 Å². The molecule has 2 amide bonds. The zero-order chi connectivity index (χ0) is 20.0. The molecule has 2 fully saturated rings. The van der Waals surface area contributed by atoms with Gasteiger partial charge in [0.2, 0.25) is 11.8 Å². The standard InChI is InChI=1S/C14H20N2O3.3C2H6/c1-4-10-13(9(2)3)19-8-7-16(10)11-5-6-12(17)15-14(11)18;3*1-2/h4,11H,5-8H2,1-3H3,(H,15,17,18);3*1-2H3/b10-4+;;;. The van der Waals surface area contributed by atoms with Crippen molar-refractivity contribution in [2.75, 3.05) is 13.2 Å². The van der Waals surface area contributed by atoms with Crippen LogP contribution in [0.2, 0.25) is 0 Å². The molecule has 0 aliphatic carbocycles. The number of morpholine rings is 1. The summed E-state index contributed by atoms with van der Waals surface area (Å²) < 4.78 is 5.69. The zero-order valence-electron chi connectivity index (χ0n) is 17.7. The van der Waals surface area contributed by atoms with Crippen molar-refractivity contribution in [3.8, 4) is 0 Å². The highest BCUT2D eigenvalue weighted by Gasteiger charge is 2.35. The molecule has 1 N–H and O–H groups in total. The first kappa shape index (κ1) is 25.5. The highest BCUT2D eigenvalue weighted by molar-refractivity contribution is 6.00. The summed E-state index contributed by atoms with van der Waals surface area (Å²) in [6.07, 6.45) is 2.93. The van der Waals surface area contributed by atoms with Crippen molar-refractivity contribution < 1.29 is 14.3 Å². The molecule has 146 valence electrons. The molecular formula is C20H38N2O3. The zero-order valence-corrected chi connectivity index (χ0v) is 17.7. The lowest BCUT2D eigenvalue weighted by atomic mass is 10.0. The molecule has 0 aromatic heterocycles. The molecule has 0 saturated carbocycles. The van der Waals surface area contributed by atoms with Crippen LogP contribution in [-0.4, -0.2) is 35.9 Å². The van der Waals surface area contributed by atoms with Gasteiger partial charge in [-0.3, -0.25) is 14.9 Å². The number of hydrogen-bond acceptors (Lipinski definition) is 4. The Hall–Kier alpha value is -1.78. The Morgan fingerprint density at radius 1 is 1.12 bits per heavy atom. The first-order valence-corrected chi connectivity index (χ1v) is 9.62. The lowest BCUT2D eigenvalue weighted by Crippen LogP contribution is -2.54. The quantitative estimate of drug-likeness (QED) is 0.709. The number of amides is 2. The van der Waals surface area contributed by atoms with Gasteiger partial charge in [-0.15, -0.1) is 0 Å². The first-order chi connectivity index (χ1) is 12.0. The topological polar surface area (TPSA) is 58.6 Å². The van der Waals surface area contributed by atoms with Crippen LogP contribution in [-0.2, 0) is 14.3 Å². The van der Waals surface area contributed by atoms with Gasteiger partial charge in [0, 0.05) is 6.42 Å². The van der Waals surface area contributed by atoms with Gasteiger partial charge in [0.25, 0.3) is 0 Å². The number of carbonyl (C=O) groups excluding carboxylic acids is 2. The maximum atomic E-state index is 12.0. The number of piperidine rings is 1. The number of carbonyl (C=O) groups is 2. The van der Waals surface area contributed by atoms with E-state index in [1.165, 1.54) is 0 Å². The normalized spacial score (nSPS) is 20.7. The Kier molecular flexibility index (Phi) is 14.8. The lowest BCUT2D eigenvalue weighted by molar-refractivity contribution is -0.137. The van der Waals surface area contributed by atoms with E-state index in [0.29, 0.717) is 26.0 Å². The minimum Gasteiger partial charge on any atom is -0.490 e. The van der Waals surface area contributed by atoms with Crippen LogP contribution in [0.5, 0.6) is 0 Å². The molecule has 2 heterocycles. The molecule has 5 nitrogen and oxygen atoms in total. The Balaban J connectivity index is 0. The van der Waals surface area contributed by atoms with Crippen LogP contribution in [0, 0.1) is 0 Å². The number of allylic oxidation sites excluding steroid dienone is 2. The van der Waals surface area contributed by atoms with Gasteiger partial charge >= 0.3 is 0 Å². The second-order valence-corrected chi connectivity index (χ2v) is 5.01. The third-order valence-corrected chi connectivity index (χ3v) is 3.43. The molecule has 0 bridgehead atoms. The number of nitrogens with one attached hydrogen (secondary N) is 1. The van der Waals surface area contributed by atoms with E-state index in [1.54, 1.807) is 0 Å². The second kappa shape index (κ2) is 14.6. The van der Waals surface area contributed by atoms with E-state index in [4.69, 9.17) is 4.74 Å². The minimum atomic E-state index is -0.276.